The Labute approximate surface area is 209 Å². The van der Waals surface area contributed by atoms with Crippen molar-refractivity contribution in [2.24, 2.45) is 21.5 Å². The molecule has 2 aromatic rings. The number of nitrogens with two attached hydrogens (primary N) is 2. The molecule has 0 spiro atoms. The van der Waals surface area contributed by atoms with Crippen molar-refractivity contribution in [3.8, 4) is 0 Å². The van der Waals surface area contributed by atoms with Gasteiger partial charge in [-0.05, 0) is 31.2 Å². The second-order valence-corrected chi connectivity index (χ2v) is 6.31. The molecule has 0 unspecified atom stereocenters. The smallest absolute Gasteiger partial charge is 0.876 e. The van der Waals surface area contributed by atoms with Gasteiger partial charge in [-0.2, -0.15) is 0 Å². The Balaban J connectivity index is 0. The molecule has 0 atom stereocenters. The molecule has 0 saturated heterocycles. The van der Waals surface area contributed by atoms with Gasteiger partial charge >= 0.3 is 16.8 Å². The average molecular weight is 511 g/mol. The molecule has 0 fully saturated rings. The molecule has 183 valence electrons. The largest absolute Gasteiger partial charge is 2.00 e. The first-order valence-electron chi connectivity index (χ1n) is 9.73. The molecule has 0 bridgehead atoms. The van der Waals surface area contributed by atoms with Gasteiger partial charge in [0.2, 0.25) is 11.8 Å². The summed E-state index contributed by atoms with van der Waals surface area (Å²) in [7, 11) is 0. The Morgan fingerprint density at radius 2 is 1.29 bits per heavy atom. The molecular weight excluding hydrogens is 483 g/mol. The monoisotopic (exact) mass is 511 g/mol. The minimum absolute atomic E-state index is 0. The number of allylic oxidation sites excluding steroid dienone is 4. The number of aromatic nitrogens is 2. The first-order chi connectivity index (χ1) is 15.6. The first-order valence-corrected chi connectivity index (χ1v) is 9.73. The van der Waals surface area contributed by atoms with Crippen molar-refractivity contribution in [1.82, 2.24) is 9.97 Å². The van der Waals surface area contributed by atoms with E-state index in [4.69, 9.17) is 11.5 Å². The summed E-state index contributed by atoms with van der Waals surface area (Å²) in [5.41, 5.74) is 11.6. The maximum absolute atomic E-state index is 10.7. The SMILES string of the molecule is CC(/C=C(/C)[O-])=NCCN=C/C=C(/C)[O-].NC(=O)c1ccncc1.NC(=O)c1ccncc1.[Co+2]. The molecule has 1 radical (unpaired) electrons. The predicted molar refractivity (Wildman–Crippen MR) is 124 cm³/mol. The third-order valence-corrected chi connectivity index (χ3v) is 3.35. The van der Waals surface area contributed by atoms with Crippen molar-refractivity contribution in [3.63, 3.8) is 0 Å². The minimum Gasteiger partial charge on any atom is -0.876 e. The molecule has 10 nitrogen and oxygen atoms in total. The van der Waals surface area contributed by atoms with E-state index < -0.39 is 11.8 Å². The fourth-order valence-corrected chi connectivity index (χ4v) is 1.89. The summed E-state index contributed by atoms with van der Waals surface area (Å²) < 4.78 is 0. The number of pyridine rings is 2. The van der Waals surface area contributed by atoms with E-state index in [0.717, 1.165) is 0 Å². The quantitative estimate of drug-likeness (QED) is 0.308. The van der Waals surface area contributed by atoms with E-state index in [9.17, 15) is 19.8 Å². The number of hydrogen-bond acceptors (Lipinski definition) is 8. The summed E-state index contributed by atoms with van der Waals surface area (Å²) in [5.74, 6) is -0.872. The summed E-state index contributed by atoms with van der Waals surface area (Å²) >= 11 is 0. The van der Waals surface area contributed by atoms with Crippen molar-refractivity contribution in [3.05, 3.63) is 83.9 Å². The third kappa shape index (κ3) is 18.9. The van der Waals surface area contributed by atoms with Gasteiger partial charge in [-0.25, -0.2) is 0 Å². The third-order valence-electron chi connectivity index (χ3n) is 3.35. The van der Waals surface area contributed by atoms with Gasteiger partial charge in [-0.3, -0.25) is 29.5 Å². The van der Waals surface area contributed by atoms with Crippen LogP contribution >= 0.6 is 0 Å². The normalized spacial score (nSPS) is 11.3. The van der Waals surface area contributed by atoms with E-state index in [0.29, 0.717) is 29.9 Å². The molecular formula is C23H28CoN6O4. The van der Waals surface area contributed by atoms with Crippen molar-refractivity contribution < 1.29 is 36.6 Å². The molecule has 0 aromatic carbocycles. The topological polar surface area (TPSA) is 183 Å². The Hall–Kier alpha value is -3.83. The van der Waals surface area contributed by atoms with Gasteiger partial charge in [0.05, 0.1) is 13.1 Å². The second-order valence-electron chi connectivity index (χ2n) is 6.31. The Morgan fingerprint density at radius 3 is 1.62 bits per heavy atom. The van der Waals surface area contributed by atoms with Crippen LogP contribution in [0.5, 0.6) is 0 Å². The number of hydrogen-bond donors (Lipinski definition) is 2. The van der Waals surface area contributed by atoms with E-state index in [-0.39, 0.29) is 28.3 Å². The van der Waals surface area contributed by atoms with Crippen LogP contribution < -0.4 is 21.7 Å². The van der Waals surface area contributed by atoms with E-state index >= 15 is 0 Å². The van der Waals surface area contributed by atoms with Crippen LogP contribution in [0, 0.1) is 0 Å². The molecule has 2 heterocycles. The van der Waals surface area contributed by atoms with Crippen LogP contribution in [0.1, 0.15) is 41.5 Å². The summed E-state index contributed by atoms with van der Waals surface area (Å²) in [6.45, 7) is 5.77. The fourth-order valence-electron chi connectivity index (χ4n) is 1.89. The molecule has 0 aliphatic heterocycles. The second kappa shape index (κ2) is 19.8. The van der Waals surface area contributed by atoms with Crippen LogP contribution in [0.3, 0.4) is 0 Å². The van der Waals surface area contributed by atoms with Crippen LogP contribution in [-0.4, -0.2) is 46.8 Å². The number of carbonyl (C=O) groups excluding carboxylic acids is 2. The zero-order valence-electron chi connectivity index (χ0n) is 19.2. The van der Waals surface area contributed by atoms with Gasteiger partial charge in [-0.1, -0.05) is 26.0 Å². The van der Waals surface area contributed by atoms with Crippen LogP contribution in [0.2, 0.25) is 0 Å². The molecule has 11 heteroatoms. The van der Waals surface area contributed by atoms with Crippen LogP contribution in [-0.2, 0) is 16.8 Å². The Morgan fingerprint density at radius 1 is 0.853 bits per heavy atom. The van der Waals surface area contributed by atoms with Crippen molar-refractivity contribution in [1.29, 1.82) is 0 Å². The summed E-state index contributed by atoms with van der Waals surface area (Å²) in [6, 6.07) is 6.29. The molecule has 0 aliphatic carbocycles. The number of aliphatic imine (C=N–C) groups is 2. The molecule has 2 rings (SSSR count). The van der Waals surface area contributed by atoms with Crippen molar-refractivity contribution in [2.45, 2.75) is 20.8 Å². The molecule has 34 heavy (non-hydrogen) atoms. The van der Waals surface area contributed by atoms with Gasteiger partial charge in [-0.15, -0.1) is 11.5 Å². The number of amides is 2. The molecule has 0 aliphatic rings. The average Bonchev–Trinajstić information content (AvgIpc) is 2.77. The molecule has 0 saturated carbocycles. The number of rotatable bonds is 7. The number of carbonyl (C=O) groups is 2. The molecule has 2 amide bonds. The first kappa shape index (κ1) is 32.3. The van der Waals surface area contributed by atoms with E-state index in [1.54, 1.807) is 31.2 Å². The van der Waals surface area contributed by atoms with Gasteiger partial charge in [0.15, 0.2) is 0 Å². The van der Waals surface area contributed by atoms with Gasteiger partial charge in [0.1, 0.15) is 0 Å². The van der Waals surface area contributed by atoms with E-state index in [1.807, 2.05) is 0 Å². The maximum Gasteiger partial charge on any atom is 2.00 e. The van der Waals surface area contributed by atoms with Crippen LogP contribution in [0.4, 0.5) is 0 Å². The summed E-state index contributed by atoms with van der Waals surface area (Å²) in [4.78, 5) is 36.3. The number of primary amides is 2. The van der Waals surface area contributed by atoms with Gasteiger partial charge in [0.25, 0.3) is 0 Å². The predicted octanol–water partition coefficient (Wildman–Crippen LogP) is 0.405. The minimum atomic E-state index is -0.419. The van der Waals surface area contributed by atoms with Crippen LogP contribution in [0.15, 0.2) is 82.7 Å². The summed E-state index contributed by atoms with van der Waals surface area (Å²) in [5, 5.41) is 21.1. The van der Waals surface area contributed by atoms with Crippen molar-refractivity contribution >= 4 is 23.7 Å². The zero-order chi connectivity index (χ0) is 25.1. The van der Waals surface area contributed by atoms with Crippen molar-refractivity contribution in [2.75, 3.05) is 13.1 Å². The zero-order valence-corrected chi connectivity index (χ0v) is 20.2. The van der Waals surface area contributed by atoms with Gasteiger partial charge in [0, 0.05) is 47.8 Å². The number of nitrogens with zero attached hydrogens (tertiary/aromatic N) is 4. The standard InChI is InChI=1S/C11H18N2O2.2C6H6N2O.Co/c1-9(8-11(3)15)13-7-6-12-5-4-10(2)14;2*7-6(9)5-1-3-8-4-2-5;/h4-5,8,14-15H,6-7H2,1-3H3;2*1-4H,(H2,7,9);/q;;;+2/p-2/b10-4-,11-8-,12-5?,13-9?;;;. The maximum atomic E-state index is 10.7. The Bertz CT molecular complexity index is 920. The molecule has 4 N–H and O–H groups in total. The van der Waals surface area contributed by atoms with Crippen LogP contribution in [0.25, 0.3) is 0 Å². The van der Waals surface area contributed by atoms with Gasteiger partial charge < -0.3 is 21.7 Å². The summed E-state index contributed by atoms with van der Waals surface area (Å²) in [6.07, 6.45) is 10.5. The fraction of sp³-hybridized carbons (Fsp3) is 0.217. The van der Waals surface area contributed by atoms with E-state index in [1.165, 1.54) is 57.0 Å². The van der Waals surface area contributed by atoms with E-state index in [2.05, 4.69) is 20.0 Å². The Kier molecular flexibility index (Phi) is 18.9. The molecule has 2 aromatic heterocycles.